The molecule has 1 amide bonds. The lowest BCUT2D eigenvalue weighted by Crippen LogP contribution is -2.76. The first kappa shape index (κ1) is 29.2. The number of aromatic nitrogens is 2. The Kier molecular flexibility index (Phi) is 8.95. The maximum Gasteiger partial charge on any atom is 0.243 e. The van der Waals surface area contributed by atoms with Gasteiger partial charge in [-0.15, -0.1) is 0 Å². The zero-order chi connectivity index (χ0) is 28.4. The van der Waals surface area contributed by atoms with Crippen LogP contribution in [0, 0.1) is 25.6 Å². The summed E-state index contributed by atoms with van der Waals surface area (Å²) in [6.07, 6.45) is 6.75. The number of halogens is 1. The number of rotatable bonds is 8. The number of likely N-dealkylation sites (tertiary alicyclic amines) is 1. The Hall–Kier alpha value is -2.33. The van der Waals surface area contributed by atoms with Crippen molar-refractivity contribution in [1.82, 2.24) is 24.9 Å². The van der Waals surface area contributed by atoms with Gasteiger partial charge in [0.15, 0.2) is 0 Å². The van der Waals surface area contributed by atoms with Crippen LogP contribution in [0.1, 0.15) is 81.7 Å². The van der Waals surface area contributed by atoms with E-state index in [1.165, 1.54) is 18.6 Å². The number of amides is 1. The van der Waals surface area contributed by atoms with E-state index in [2.05, 4.69) is 17.1 Å². The van der Waals surface area contributed by atoms with Crippen molar-refractivity contribution in [2.24, 2.45) is 5.92 Å². The molecule has 2 saturated heterocycles. The molecule has 3 fully saturated rings. The normalized spacial score (nSPS) is 25.1. The Morgan fingerprint density at radius 3 is 2.45 bits per heavy atom. The SMILES string of the molecule is CCCCN1C(=O)[C@@H]([C@H](O)C2CCCCC2)NC(O)C12CCN(Cc1c(C)nn(-c3ccc(F)cc3)c1C)CC2. The zero-order valence-corrected chi connectivity index (χ0v) is 24.3. The molecule has 0 radical (unpaired) electrons. The van der Waals surface area contributed by atoms with E-state index in [9.17, 15) is 19.4 Å². The molecule has 3 atom stereocenters. The van der Waals surface area contributed by atoms with Crippen LogP contribution in [0.5, 0.6) is 0 Å². The highest BCUT2D eigenvalue weighted by atomic mass is 19.1. The monoisotopic (exact) mass is 555 g/mol. The number of aliphatic hydroxyl groups is 2. The number of carbonyl (C=O) groups excluding carboxylic acids is 1. The average Bonchev–Trinajstić information content (AvgIpc) is 3.25. The lowest BCUT2D eigenvalue weighted by Gasteiger charge is -2.56. The minimum atomic E-state index is -0.878. The van der Waals surface area contributed by atoms with Crippen molar-refractivity contribution in [3.63, 3.8) is 0 Å². The van der Waals surface area contributed by atoms with Crippen molar-refractivity contribution < 1.29 is 19.4 Å². The Bertz CT molecular complexity index is 1150. The van der Waals surface area contributed by atoms with Crippen LogP contribution in [0.3, 0.4) is 0 Å². The lowest BCUT2D eigenvalue weighted by molar-refractivity contribution is -0.174. The second kappa shape index (κ2) is 12.3. The van der Waals surface area contributed by atoms with E-state index in [1.54, 1.807) is 12.1 Å². The Morgan fingerprint density at radius 2 is 1.80 bits per heavy atom. The molecular formula is C31H46FN5O3. The van der Waals surface area contributed by atoms with Crippen molar-refractivity contribution in [2.75, 3.05) is 19.6 Å². The molecule has 0 bridgehead atoms. The van der Waals surface area contributed by atoms with Crippen molar-refractivity contribution in [3.8, 4) is 5.69 Å². The van der Waals surface area contributed by atoms with E-state index in [-0.39, 0.29) is 17.6 Å². The first-order valence-electron chi connectivity index (χ1n) is 15.2. The lowest BCUT2D eigenvalue weighted by atomic mass is 9.77. The summed E-state index contributed by atoms with van der Waals surface area (Å²) in [5.41, 5.74) is 3.28. The number of hydrogen-bond acceptors (Lipinski definition) is 6. The quantitative estimate of drug-likeness (QED) is 0.459. The van der Waals surface area contributed by atoms with Gasteiger partial charge in [-0.1, -0.05) is 32.6 Å². The molecule has 2 aliphatic heterocycles. The number of aryl methyl sites for hydroxylation is 1. The van der Waals surface area contributed by atoms with Crippen LogP contribution in [-0.4, -0.2) is 79.2 Å². The van der Waals surface area contributed by atoms with Gasteiger partial charge in [-0.05, 0) is 76.1 Å². The van der Waals surface area contributed by atoms with Crippen molar-refractivity contribution >= 4 is 5.91 Å². The largest absolute Gasteiger partial charge is 0.391 e. The van der Waals surface area contributed by atoms with E-state index in [1.807, 2.05) is 23.4 Å². The highest BCUT2D eigenvalue weighted by Gasteiger charge is 2.54. The molecule has 40 heavy (non-hydrogen) atoms. The van der Waals surface area contributed by atoms with Gasteiger partial charge in [0.25, 0.3) is 0 Å². The summed E-state index contributed by atoms with van der Waals surface area (Å²) in [6.45, 7) is 8.97. The smallest absolute Gasteiger partial charge is 0.243 e. The molecule has 1 aromatic carbocycles. The minimum Gasteiger partial charge on any atom is -0.391 e. The molecule has 3 aliphatic rings. The Labute approximate surface area is 237 Å². The van der Waals surface area contributed by atoms with Crippen molar-refractivity contribution in [2.45, 2.75) is 109 Å². The summed E-state index contributed by atoms with van der Waals surface area (Å²) in [5.74, 6) is -0.223. The zero-order valence-electron chi connectivity index (χ0n) is 24.3. The number of piperazine rings is 1. The minimum absolute atomic E-state index is 0.0578. The molecular weight excluding hydrogens is 509 g/mol. The van der Waals surface area contributed by atoms with Crippen LogP contribution in [0.15, 0.2) is 24.3 Å². The predicted molar refractivity (Wildman–Crippen MR) is 152 cm³/mol. The molecule has 2 aromatic rings. The van der Waals surface area contributed by atoms with E-state index in [0.29, 0.717) is 19.4 Å². The van der Waals surface area contributed by atoms with Crippen LogP contribution >= 0.6 is 0 Å². The second-order valence-electron chi connectivity index (χ2n) is 12.2. The van der Waals surface area contributed by atoms with Crippen LogP contribution in [0.2, 0.25) is 0 Å². The third-order valence-electron chi connectivity index (χ3n) is 9.74. The van der Waals surface area contributed by atoms with Gasteiger partial charge in [0, 0.05) is 37.4 Å². The van der Waals surface area contributed by atoms with Crippen molar-refractivity contribution in [1.29, 1.82) is 0 Å². The van der Waals surface area contributed by atoms with Gasteiger partial charge < -0.3 is 15.1 Å². The van der Waals surface area contributed by atoms with E-state index in [0.717, 1.165) is 80.8 Å². The Morgan fingerprint density at radius 1 is 1.12 bits per heavy atom. The fraction of sp³-hybridized carbons (Fsp3) is 0.677. The van der Waals surface area contributed by atoms with E-state index >= 15 is 0 Å². The summed E-state index contributed by atoms with van der Waals surface area (Å²) in [7, 11) is 0. The molecule has 1 saturated carbocycles. The van der Waals surface area contributed by atoms with Crippen LogP contribution in [0.25, 0.3) is 5.69 Å². The maximum atomic E-state index is 13.9. The summed E-state index contributed by atoms with van der Waals surface area (Å²) in [6, 6.07) is 5.62. The fourth-order valence-corrected chi connectivity index (χ4v) is 7.18. The second-order valence-corrected chi connectivity index (χ2v) is 12.2. The molecule has 9 heteroatoms. The number of unbranched alkanes of at least 4 members (excludes halogenated alkanes) is 1. The number of piperidine rings is 1. The highest BCUT2D eigenvalue weighted by Crippen LogP contribution is 2.38. The van der Waals surface area contributed by atoms with Gasteiger partial charge in [0.1, 0.15) is 18.1 Å². The van der Waals surface area contributed by atoms with Crippen LogP contribution < -0.4 is 5.32 Å². The summed E-state index contributed by atoms with van der Waals surface area (Å²) in [4.78, 5) is 18.2. The first-order valence-corrected chi connectivity index (χ1v) is 15.2. The Balaban J connectivity index is 1.30. The standard InChI is InChI=1S/C31H46FN5O3/c1-4-5-17-36-29(39)27(28(38)23-9-7-6-8-10-23)33-30(40)31(36)15-18-35(19-16-31)20-26-21(2)34-37(22(26)3)25-13-11-24(32)12-14-25/h11-14,23,27-28,30,33,38,40H,4-10,15-20H2,1-3H3/t27-,28-,30?/m1/s1. The van der Waals surface area contributed by atoms with Gasteiger partial charge in [-0.25, -0.2) is 9.07 Å². The molecule has 5 rings (SSSR count). The fourth-order valence-electron chi connectivity index (χ4n) is 7.18. The molecule has 8 nitrogen and oxygen atoms in total. The molecule has 3 heterocycles. The van der Waals surface area contributed by atoms with Crippen molar-refractivity contribution in [3.05, 3.63) is 47.0 Å². The van der Waals surface area contributed by atoms with Gasteiger partial charge in [-0.2, -0.15) is 5.10 Å². The van der Waals surface area contributed by atoms with Gasteiger partial charge in [0.05, 0.1) is 23.0 Å². The van der Waals surface area contributed by atoms with Crippen LogP contribution in [0.4, 0.5) is 4.39 Å². The number of nitrogens with one attached hydrogen (secondary N) is 1. The molecule has 1 aliphatic carbocycles. The third kappa shape index (κ3) is 5.58. The predicted octanol–water partition coefficient (Wildman–Crippen LogP) is 3.82. The van der Waals surface area contributed by atoms with E-state index in [4.69, 9.17) is 5.10 Å². The van der Waals surface area contributed by atoms with Gasteiger partial charge >= 0.3 is 0 Å². The number of carbonyl (C=O) groups is 1. The third-order valence-corrected chi connectivity index (χ3v) is 9.74. The van der Waals surface area contributed by atoms with Gasteiger partial charge in [-0.3, -0.25) is 15.0 Å². The molecule has 1 spiro atoms. The number of benzene rings is 1. The molecule has 3 N–H and O–H groups in total. The summed E-state index contributed by atoms with van der Waals surface area (Å²) >= 11 is 0. The highest BCUT2D eigenvalue weighted by molar-refractivity contribution is 5.84. The molecule has 1 unspecified atom stereocenters. The maximum absolute atomic E-state index is 13.9. The summed E-state index contributed by atoms with van der Waals surface area (Å²) in [5, 5.41) is 30.7. The number of aliphatic hydroxyl groups excluding tert-OH is 2. The number of nitrogens with zero attached hydrogens (tertiary/aromatic N) is 4. The van der Waals surface area contributed by atoms with Crippen LogP contribution in [-0.2, 0) is 11.3 Å². The summed E-state index contributed by atoms with van der Waals surface area (Å²) < 4.78 is 15.3. The first-order chi connectivity index (χ1) is 19.2. The number of hydrogen-bond donors (Lipinski definition) is 3. The van der Waals surface area contributed by atoms with E-state index < -0.39 is 23.9 Å². The topological polar surface area (TPSA) is 93.9 Å². The average molecular weight is 556 g/mol. The van der Waals surface area contributed by atoms with Gasteiger partial charge in [0.2, 0.25) is 5.91 Å². The molecule has 1 aromatic heterocycles. The molecule has 220 valence electrons.